The van der Waals surface area contributed by atoms with Crippen molar-refractivity contribution in [3.63, 3.8) is 0 Å². The number of ether oxygens (including phenoxy) is 4. The predicted molar refractivity (Wildman–Crippen MR) is 118 cm³/mol. The first-order chi connectivity index (χ1) is 15.5. The van der Waals surface area contributed by atoms with Gasteiger partial charge in [-0.3, -0.25) is 14.5 Å². The Morgan fingerprint density at radius 1 is 1.06 bits per heavy atom. The highest BCUT2D eigenvalue weighted by atomic mass is 16.5. The van der Waals surface area contributed by atoms with Gasteiger partial charge in [-0.05, 0) is 43.4 Å². The highest BCUT2D eigenvalue weighted by Gasteiger charge is 2.36. The zero-order valence-electron chi connectivity index (χ0n) is 19.1. The maximum absolute atomic E-state index is 11.9. The van der Waals surface area contributed by atoms with Crippen LogP contribution in [0, 0.1) is 0 Å². The van der Waals surface area contributed by atoms with Crippen LogP contribution in [0.3, 0.4) is 0 Å². The molecule has 3 atom stereocenters. The van der Waals surface area contributed by atoms with Crippen molar-refractivity contribution in [1.29, 1.82) is 0 Å². The summed E-state index contributed by atoms with van der Waals surface area (Å²) in [5, 5.41) is 8.72. The number of esters is 1. The van der Waals surface area contributed by atoms with Gasteiger partial charge in [0.1, 0.15) is 6.10 Å². The van der Waals surface area contributed by atoms with E-state index in [0.717, 1.165) is 49.3 Å². The van der Waals surface area contributed by atoms with Crippen LogP contribution in [0.4, 0.5) is 0 Å². The topological polar surface area (TPSA) is 94.5 Å². The van der Waals surface area contributed by atoms with Crippen molar-refractivity contribution in [3.8, 4) is 11.5 Å². The van der Waals surface area contributed by atoms with Crippen LogP contribution in [-0.4, -0.2) is 74.1 Å². The van der Waals surface area contributed by atoms with Crippen LogP contribution in [0.15, 0.2) is 18.2 Å². The largest absolute Gasteiger partial charge is 0.493 e. The van der Waals surface area contributed by atoms with Crippen LogP contribution in [0.2, 0.25) is 0 Å². The maximum atomic E-state index is 11.9. The molecule has 8 nitrogen and oxygen atoms in total. The molecule has 1 aromatic carbocycles. The van der Waals surface area contributed by atoms with Crippen LogP contribution in [0.5, 0.6) is 11.5 Å². The van der Waals surface area contributed by atoms with Crippen LogP contribution in [0.25, 0.3) is 0 Å². The van der Waals surface area contributed by atoms with Gasteiger partial charge in [0.25, 0.3) is 0 Å². The average molecular weight is 450 g/mol. The standard InChI is InChI=1S/C24H35NO7/c1-29-21-8-7-17(15-22(21)30-2)12-14-31-20-6-4-3-5-19(20)25-13-11-18(16-25)32-24(28)10-9-23(26)27/h7-8,15,18-20H,3-6,9-14,16H2,1-2H3,(H,26,27)/t18-,19-,20-/m1/s1. The second-order valence-corrected chi connectivity index (χ2v) is 8.49. The Morgan fingerprint density at radius 3 is 2.59 bits per heavy atom. The first-order valence-corrected chi connectivity index (χ1v) is 11.5. The molecule has 32 heavy (non-hydrogen) atoms. The minimum absolute atomic E-state index is 0.0723. The third-order valence-corrected chi connectivity index (χ3v) is 6.32. The molecular weight excluding hydrogens is 414 g/mol. The first-order valence-electron chi connectivity index (χ1n) is 11.5. The minimum atomic E-state index is -0.981. The van der Waals surface area contributed by atoms with Gasteiger partial charge in [-0.15, -0.1) is 0 Å². The number of aliphatic carboxylic acids is 1. The van der Waals surface area contributed by atoms with Crippen molar-refractivity contribution in [2.24, 2.45) is 0 Å². The van der Waals surface area contributed by atoms with Crippen LogP contribution < -0.4 is 9.47 Å². The molecule has 1 saturated carbocycles. The van der Waals surface area contributed by atoms with Crippen molar-refractivity contribution in [3.05, 3.63) is 23.8 Å². The lowest BCUT2D eigenvalue weighted by Crippen LogP contribution is -2.46. The molecule has 0 spiro atoms. The Labute approximate surface area is 189 Å². The summed E-state index contributed by atoms with van der Waals surface area (Å²) in [7, 11) is 3.27. The second kappa shape index (κ2) is 12.1. The monoisotopic (exact) mass is 449 g/mol. The smallest absolute Gasteiger partial charge is 0.306 e. The fourth-order valence-electron chi connectivity index (χ4n) is 4.66. The average Bonchev–Trinajstić information content (AvgIpc) is 3.26. The van der Waals surface area contributed by atoms with Gasteiger partial charge in [-0.25, -0.2) is 0 Å². The van der Waals surface area contributed by atoms with E-state index < -0.39 is 11.9 Å². The highest BCUT2D eigenvalue weighted by Crippen LogP contribution is 2.30. The molecule has 1 heterocycles. The van der Waals surface area contributed by atoms with Crippen LogP contribution in [-0.2, 0) is 25.5 Å². The molecule has 0 aromatic heterocycles. The molecule has 1 N–H and O–H groups in total. The van der Waals surface area contributed by atoms with E-state index in [1.54, 1.807) is 14.2 Å². The Hall–Kier alpha value is -2.32. The Kier molecular flexibility index (Phi) is 9.17. The molecule has 8 heteroatoms. The summed E-state index contributed by atoms with van der Waals surface area (Å²) in [6.07, 6.45) is 5.80. The summed E-state index contributed by atoms with van der Waals surface area (Å²) in [5.74, 6) is 0.0363. The van der Waals surface area contributed by atoms with Gasteiger partial charge in [0, 0.05) is 19.1 Å². The summed E-state index contributed by atoms with van der Waals surface area (Å²) in [6, 6.07) is 6.27. The van der Waals surface area contributed by atoms with E-state index in [9.17, 15) is 9.59 Å². The molecule has 0 unspecified atom stereocenters. The lowest BCUT2D eigenvalue weighted by molar-refractivity contribution is -0.151. The number of nitrogens with zero attached hydrogens (tertiary/aromatic N) is 1. The fraction of sp³-hybridized carbons (Fsp3) is 0.667. The van der Waals surface area contributed by atoms with Crippen molar-refractivity contribution < 1.29 is 33.6 Å². The molecule has 178 valence electrons. The fourth-order valence-corrected chi connectivity index (χ4v) is 4.66. The number of carboxylic acid groups (broad SMARTS) is 1. The van der Waals surface area contributed by atoms with Crippen LogP contribution in [0.1, 0.15) is 50.5 Å². The van der Waals surface area contributed by atoms with E-state index in [2.05, 4.69) is 4.90 Å². The molecule has 0 radical (unpaired) electrons. The van der Waals surface area contributed by atoms with Crippen LogP contribution >= 0.6 is 0 Å². The number of carbonyl (C=O) groups is 2. The van der Waals surface area contributed by atoms with E-state index in [0.29, 0.717) is 19.2 Å². The predicted octanol–water partition coefficient (Wildman–Crippen LogP) is 3.06. The van der Waals surface area contributed by atoms with Gasteiger partial charge >= 0.3 is 11.9 Å². The Morgan fingerprint density at radius 2 is 1.84 bits per heavy atom. The van der Waals surface area contributed by atoms with Gasteiger partial charge in [0.05, 0.1) is 39.8 Å². The van der Waals surface area contributed by atoms with Crippen molar-refractivity contribution in [1.82, 2.24) is 4.90 Å². The van der Waals surface area contributed by atoms with Gasteiger partial charge in [-0.2, -0.15) is 0 Å². The Bertz CT molecular complexity index is 769. The summed E-state index contributed by atoms with van der Waals surface area (Å²) in [5.41, 5.74) is 1.14. The van der Waals surface area contributed by atoms with E-state index in [-0.39, 0.29) is 25.0 Å². The Balaban J connectivity index is 1.47. The van der Waals surface area contributed by atoms with Gasteiger partial charge < -0.3 is 24.1 Å². The maximum Gasteiger partial charge on any atom is 0.306 e. The number of likely N-dealkylation sites (tertiary alicyclic amines) is 1. The first kappa shape index (κ1) is 24.3. The van der Waals surface area contributed by atoms with Gasteiger partial charge in [-0.1, -0.05) is 18.9 Å². The SMILES string of the molecule is COc1ccc(CCO[C@@H]2CCCC[C@H]2N2CC[C@@H](OC(=O)CCC(=O)O)C2)cc1OC. The van der Waals surface area contributed by atoms with E-state index in [1.807, 2.05) is 18.2 Å². The normalized spacial score (nSPS) is 23.6. The number of carbonyl (C=O) groups excluding carboxylic acids is 1. The highest BCUT2D eigenvalue weighted by molar-refractivity contribution is 5.76. The molecular formula is C24H35NO7. The van der Waals surface area contributed by atoms with E-state index >= 15 is 0 Å². The lowest BCUT2D eigenvalue weighted by Gasteiger charge is -2.37. The number of benzene rings is 1. The molecule has 1 aliphatic carbocycles. The van der Waals surface area contributed by atoms with E-state index in [4.69, 9.17) is 24.1 Å². The second-order valence-electron chi connectivity index (χ2n) is 8.49. The molecule has 2 aliphatic rings. The lowest BCUT2D eigenvalue weighted by atomic mass is 9.91. The zero-order chi connectivity index (χ0) is 22.9. The number of methoxy groups -OCH3 is 2. The third-order valence-electron chi connectivity index (χ3n) is 6.32. The van der Waals surface area contributed by atoms with Gasteiger partial charge in [0.15, 0.2) is 11.5 Å². The number of carboxylic acids is 1. The number of rotatable bonds is 11. The van der Waals surface area contributed by atoms with Gasteiger partial charge in [0.2, 0.25) is 0 Å². The number of hydrogen-bond acceptors (Lipinski definition) is 7. The molecule has 3 rings (SSSR count). The summed E-state index contributed by atoms with van der Waals surface area (Å²) >= 11 is 0. The van der Waals surface area contributed by atoms with Crippen molar-refractivity contribution >= 4 is 11.9 Å². The molecule has 0 bridgehead atoms. The molecule has 0 amide bonds. The molecule has 1 aromatic rings. The quantitative estimate of drug-likeness (QED) is 0.515. The number of hydrogen-bond donors (Lipinski definition) is 1. The van der Waals surface area contributed by atoms with E-state index in [1.165, 1.54) is 12.8 Å². The summed E-state index contributed by atoms with van der Waals surface area (Å²) < 4.78 is 22.5. The zero-order valence-corrected chi connectivity index (χ0v) is 19.1. The summed E-state index contributed by atoms with van der Waals surface area (Å²) in [6.45, 7) is 2.20. The summed E-state index contributed by atoms with van der Waals surface area (Å²) in [4.78, 5) is 24.9. The minimum Gasteiger partial charge on any atom is -0.493 e. The van der Waals surface area contributed by atoms with Crippen molar-refractivity contribution in [2.75, 3.05) is 33.9 Å². The third kappa shape index (κ3) is 6.84. The molecule has 1 aliphatic heterocycles. The van der Waals surface area contributed by atoms with Crippen molar-refractivity contribution in [2.45, 2.75) is 69.6 Å². The molecule has 2 fully saturated rings. The molecule has 1 saturated heterocycles.